The average molecular weight is 693 g/mol. The number of furan rings is 1. The Morgan fingerprint density at radius 3 is 1.43 bits per heavy atom. The molecule has 0 aliphatic rings. The summed E-state index contributed by atoms with van der Waals surface area (Å²) in [6.45, 7) is 0. The molecule has 0 saturated heterocycles. The van der Waals surface area contributed by atoms with Crippen LogP contribution < -0.4 is 4.90 Å². The van der Waals surface area contributed by atoms with E-state index in [4.69, 9.17) is 19.4 Å². The monoisotopic (exact) mass is 692 g/mol. The van der Waals surface area contributed by atoms with Gasteiger partial charge in [-0.05, 0) is 70.4 Å². The van der Waals surface area contributed by atoms with Gasteiger partial charge in [-0.25, -0.2) is 15.0 Å². The molecular weight excluding hydrogens is 661 g/mol. The number of para-hydroxylation sites is 2. The highest BCUT2D eigenvalue weighted by Gasteiger charge is 2.21. The second-order valence-electron chi connectivity index (χ2n) is 13.2. The van der Waals surface area contributed by atoms with Crippen molar-refractivity contribution in [1.82, 2.24) is 15.0 Å². The lowest BCUT2D eigenvalue weighted by molar-refractivity contribution is 0.669. The quantitative estimate of drug-likeness (QED) is 0.166. The standard InChI is InChI=1S/C49H32N4O/c1-5-16-34(17-6-1)47-50-48(35-18-7-2-8-19-35)52-49(51-47)41-26-15-27-43-46(41)45-40-25-14-13-24-39(40)42(32-44(45)54-43)33-28-30-38(31-29-33)53(36-20-9-3-10-21-36)37-22-11-4-12-23-37/h1-32H. The first kappa shape index (κ1) is 31.4. The first-order chi connectivity index (χ1) is 26.8. The third kappa shape index (κ3) is 5.56. The van der Waals surface area contributed by atoms with Crippen molar-refractivity contribution in [1.29, 1.82) is 0 Å². The van der Waals surface area contributed by atoms with E-state index in [0.29, 0.717) is 17.5 Å². The summed E-state index contributed by atoms with van der Waals surface area (Å²) in [6.07, 6.45) is 0. The zero-order valence-electron chi connectivity index (χ0n) is 29.2. The van der Waals surface area contributed by atoms with Gasteiger partial charge < -0.3 is 9.32 Å². The molecule has 254 valence electrons. The SMILES string of the molecule is c1ccc(-c2nc(-c3ccccc3)nc(-c3cccc4oc5cc(-c6ccc(N(c7ccccc7)c7ccccc7)cc6)c6ccccc6c5c34)n2)cc1. The number of nitrogens with zero attached hydrogens (tertiary/aromatic N) is 4. The number of benzene rings is 8. The molecule has 0 amide bonds. The first-order valence-corrected chi connectivity index (χ1v) is 18.0. The molecule has 10 rings (SSSR count). The van der Waals surface area contributed by atoms with E-state index in [0.717, 1.165) is 77.6 Å². The summed E-state index contributed by atoms with van der Waals surface area (Å²) in [4.78, 5) is 17.4. The summed E-state index contributed by atoms with van der Waals surface area (Å²) in [5, 5.41) is 4.27. The van der Waals surface area contributed by atoms with Gasteiger partial charge in [0.05, 0.1) is 0 Å². The van der Waals surface area contributed by atoms with Gasteiger partial charge in [-0.15, -0.1) is 0 Å². The molecule has 0 bridgehead atoms. The van der Waals surface area contributed by atoms with Gasteiger partial charge in [0.25, 0.3) is 0 Å². The van der Waals surface area contributed by atoms with E-state index in [-0.39, 0.29) is 0 Å². The highest BCUT2D eigenvalue weighted by atomic mass is 16.3. The molecule has 0 atom stereocenters. The number of fused-ring (bicyclic) bond motifs is 5. The lowest BCUT2D eigenvalue weighted by Gasteiger charge is -2.25. The van der Waals surface area contributed by atoms with Gasteiger partial charge in [0.1, 0.15) is 11.2 Å². The molecule has 0 saturated carbocycles. The molecule has 0 aliphatic carbocycles. The summed E-state index contributed by atoms with van der Waals surface area (Å²) < 4.78 is 6.71. The predicted octanol–water partition coefficient (Wildman–Crippen LogP) is 13.1. The van der Waals surface area contributed by atoms with Crippen LogP contribution in [-0.4, -0.2) is 15.0 Å². The number of aromatic nitrogens is 3. The molecule has 8 aromatic carbocycles. The summed E-state index contributed by atoms with van der Waals surface area (Å²) in [7, 11) is 0. The molecule has 0 N–H and O–H groups in total. The maximum Gasteiger partial charge on any atom is 0.164 e. The molecule has 5 nitrogen and oxygen atoms in total. The van der Waals surface area contributed by atoms with Crippen molar-refractivity contribution in [3.8, 4) is 45.3 Å². The Hall–Kier alpha value is -7.37. The van der Waals surface area contributed by atoms with Crippen LogP contribution in [0.2, 0.25) is 0 Å². The molecule has 0 radical (unpaired) electrons. The Morgan fingerprint density at radius 2 is 0.833 bits per heavy atom. The number of hydrogen-bond acceptors (Lipinski definition) is 5. The third-order valence-corrected chi connectivity index (χ3v) is 9.91. The lowest BCUT2D eigenvalue weighted by atomic mass is 9.93. The van der Waals surface area contributed by atoms with E-state index in [1.165, 1.54) is 0 Å². The Balaban J connectivity index is 1.14. The van der Waals surface area contributed by atoms with E-state index in [1.54, 1.807) is 0 Å². The summed E-state index contributed by atoms with van der Waals surface area (Å²) in [6, 6.07) is 66.8. The van der Waals surface area contributed by atoms with Crippen molar-refractivity contribution in [2.24, 2.45) is 0 Å². The largest absolute Gasteiger partial charge is 0.456 e. The average Bonchev–Trinajstić information content (AvgIpc) is 3.64. The van der Waals surface area contributed by atoms with Crippen LogP contribution in [-0.2, 0) is 0 Å². The minimum atomic E-state index is 0.598. The molecule has 2 heterocycles. The van der Waals surface area contributed by atoms with Crippen molar-refractivity contribution < 1.29 is 4.42 Å². The van der Waals surface area contributed by atoms with Gasteiger partial charge in [-0.3, -0.25) is 0 Å². The fraction of sp³-hybridized carbons (Fsp3) is 0. The van der Waals surface area contributed by atoms with E-state index < -0.39 is 0 Å². The van der Waals surface area contributed by atoms with Gasteiger partial charge in [0.2, 0.25) is 0 Å². The zero-order chi connectivity index (χ0) is 35.8. The van der Waals surface area contributed by atoms with Crippen LogP contribution in [0.3, 0.4) is 0 Å². The van der Waals surface area contributed by atoms with Crippen molar-refractivity contribution in [2.75, 3.05) is 4.90 Å². The first-order valence-electron chi connectivity index (χ1n) is 18.0. The van der Waals surface area contributed by atoms with Crippen LogP contribution in [0.15, 0.2) is 199 Å². The lowest BCUT2D eigenvalue weighted by Crippen LogP contribution is -2.09. The van der Waals surface area contributed by atoms with Gasteiger partial charge in [-0.1, -0.05) is 146 Å². The third-order valence-electron chi connectivity index (χ3n) is 9.91. The van der Waals surface area contributed by atoms with Crippen molar-refractivity contribution in [2.45, 2.75) is 0 Å². The van der Waals surface area contributed by atoms with E-state index >= 15 is 0 Å². The smallest absolute Gasteiger partial charge is 0.164 e. The summed E-state index contributed by atoms with van der Waals surface area (Å²) >= 11 is 0. The normalized spacial score (nSPS) is 11.3. The number of anilines is 3. The number of hydrogen-bond donors (Lipinski definition) is 0. The van der Waals surface area contributed by atoms with Crippen LogP contribution in [0, 0.1) is 0 Å². The Bertz CT molecular complexity index is 2810. The topological polar surface area (TPSA) is 55.1 Å². The molecule has 54 heavy (non-hydrogen) atoms. The van der Waals surface area contributed by atoms with Gasteiger partial charge in [0.15, 0.2) is 17.5 Å². The van der Waals surface area contributed by atoms with Gasteiger partial charge in [-0.2, -0.15) is 0 Å². The molecule has 5 heteroatoms. The Labute approximate surface area is 312 Å². The van der Waals surface area contributed by atoms with Gasteiger partial charge >= 0.3 is 0 Å². The molecule has 0 unspecified atom stereocenters. The van der Waals surface area contributed by atoms with Crippen LogP contribution in [0.1, 0.15) is 0 Å². The minimum absolute atomic E-state index is 0.598. The maximum atomic E-state index is 6.71. The highest BCUT2D eigenvalue weighted by molar-refractivity contribution is 6.25. The molecule has 0 fully saturated rings. The van der Waals surface area contributed by atoms with E-state index in [1.807, 2.05) is 84.9 Å². The molecule has 2 aromatic heterocycles. The molecule has 10 aromatic rings. The van der Waals surface area contributed by atoms with E-state index in [9.17, 15) is 0 Å². The predicted molar refractivity (Wildman–Crippen MR) is 221 cm³/mol. The van der Waals surface area contributed by atoms with Crippen LogP contribution >= 0.6 is 0 Å². The molecule has 0 spiro atoms. The fourth-order valence-electron chi connectivity index (χ4n) is 7.43. The fourth-order valence-corrected chi connectivity index (χ4v) is 7.43. The van der Waals surface area contributed by atoms with E-state index in [2.05, 4.69) is 114 Å². The van der Waals surface area contributed by atoms with Crippen molar-refractivity contribution >= 4 is 49.8 Å². The summed E-state index contributed by atoms with van der Waals surface area (Å²) in [5.74, 6) is 1.84. The Kier molecular flexibility index (Phi) is 7.73. The second-order valence-corrected chi connectivity index (χ2v) is 13.2. The summed E-state index contributed by atoms with van der Waals surface area (Å²) in [5.41, 5.74) is 9.85. The van der Waals surface area contributed by atoms with Crippen LogP contribution in [0.25, 0.3) is 78.0 Å². The zero-order valence-corrected chi connectivity index (χ0v) is 29.2. The van der Waals surface area contributed by atoms with Crippen LogP contribution in [0.4, 0.5) is 17.1 Å². The molecule has 0 aliphatic heterocycles. The van der Waals surface area contributed by atoms with Gasteiger partial charge in [0, 0.05) is 44.5 Å². The Morgan fingerprint density at radius 1 is 0.333 bits per heavy atom. The highest BCUT2D eigenvalue weighted by Crippen LogP contribution is 2.44. The van der Waals surface area contributed by atoms with Crippen molar-refractivity contribution in [3.63, 3.8) is 0 Å². The van der Waals surface area contributed by atoms with Crippen molar-refractivity contribution in [3.05, 3.63) is 194 Å². The van der Waals surface area contributed by atoms with Crippen LogP contribution in [0.5, 0.6) is 0 Å². The maximum absolute atomic E-state index is 6.71. The second kappa shape index (κ2) is 13.3. The minimum Gasteiger partial charge on any atom is -0.456 e. The molecular formula is C49H32N4O. The number of rotatable bonds is 7.